The van der Waals surface area contributed by atoms with Gasteiger partial charge in [-0.25, -0.2) is 4.98 Å². The van der Waals surface area contributed by atoms with Crippen LogP contribution in [-0.2, 0) is 0 Å². The van der Waals surface area contributed by atoms with E-state index >= 15 is 0 Å². The number of carbonyl (C=O) groups is 1. The molecule has 7 nitrogen and oxygen atoms in total. The Morgan fingerprint density at radius 3 is 3.04 bits per heavy atom. The molecule has 4 heterocycles. The number of nitrogens with zero attached hydrogens (tertiary/aromatic N) is 4. The molecule has 0 bridgehead atoms. The second-order valence-electron chi connectivity index (χ2n) is 6.02. The van der Waals surface area contributed by atoms with Crippen LogP contribution < -0.4 is 0 Å². The molecule has 1 aliphatic rings. The summed E-state index contributed by atoms with van der Waals surface area (Å²) < 4.78 is 0. The Labute approximate surface area is 139 Å². The number of imidazole rings is 1. The number of nitrogens with one attached hydrogen (secondary N) is 2. The van der Waals surface area contributed by atoms with Crippen LogP contribution >= 0.6 is 0 Å². The van der Waals surface area contributed by atoms with Crippen molar-refractivity contribution in [2.75, 3.05) is 6.54 Å². The van der Waals surface area contributed by atoms with Gasteiger partial charge in [-0.1, -0.05) is 0 Å². The number of amides is 1. The summed E-state index contributed by atoms with van der Waals surface area (Å²) in [5.41, 5.74) is 3.09. The van der Waals surface area contributed by atoms with E-state index in [9.17, 15) is 4.79 Å². The van der Waals surface area contributed by atoms with Crippen molar-refractivity contribution in [3.05, 3.63) is 54.0 Å². The first-order valence-electron chi connectivity index (χ1n) is 8.00. The van der Waals surface area contributed by atoms with E-state index in [2.05, 4.69) is 25.1 Å². The van der Waals surface area contributed by atoms with E-state index in [0.29, 0.717) is 5.69 Å². The summed E-state index contributed by atoms with van der Waals surface area (Å²) in [6, 6.07) is 5.54. The quantitative estimate of drug-likeness (QED) is 0.775. The zero-order chi connectivity index (χ0) is 16.5. The van der Waals surface area contributed by atoms with Crippen molar-refractivity contribution in [2.45, 2.75) is 25.8 Å². The number of H-pyrrole nitrogens is 2. The van der Waals surface area contributed by atoms with E-state index in [1.54, 1.807) is 24.7 Å². The van der Waals surface area contributed by atoms with Gasteiger partial charge in [0.05, 0.1) is 11.7 Å². The van der Waals surface area contributed by atoms with Crippen molar-refractivity contribution in [2.24, 2.45) is 0 Å². The summed E-state index contributed by atoms with van der Waals surface area (Å²) in [4.78, 5) is 26.5. The molecule has 24 heavy (non-hydrogen) atoms. The van der Waals surface area contributed by atoms with Crippen molar-refractivity contribution in [3.8, 4) is 11.3 Å². The number of hydrogen-bond acceptors (Lipinski definition) is 4. The van der Waals surface area contributed by atoms with Crippen LogP contribution in [-0.4, -0.2) is 42.5 Å². The number of hydrogen-bond donors (Lipinski definition) is 2. The van der Waals surface area contributed by atoms with Gasteiger partial charge in [0.1, 0.15) is 11.5 Å². The number of rotatable bonds is 3. The Morgan fingerprint density at radius 2 is 2.29 bits per heavy atom. The van der Waals surface area contributed by atoms with Crippen LogP contribution in [0.4, 0.5) is 0 Å². The van der Waals surface area contributed by atoms with Gasteiger partial charge in [-0.3, -0.25) is 14.9 Å². The van der Waals surface area contributed by atoms with E-state index in [1.165, 1.54) is 0 Å². The number of aromatic amines is 2. The summed E-state index contributed by atoms with van der Waals surface area (Å²) in [7, 11) is 0. The summed E-state index contributed by atoms with van der Waals surface area (Å²) in [5, 5.41) is 7.10. The molecule has 4 rings (SSSR count). The first kappa shape index (κ1) is 14.6. The zero-order valence-electron chi connectivity index (χ0n) is 13.4. The summed E-state index contributed by atoms with van der Waals surface area (Å²) in [5.74, 6) is 0.805. The maximum Gasteiger partial charge on any atom is 0.272 e. The second kappa shape index (κ2) is 5.92. The van der Waals surface area contributed by atoms with Crippen LogP contribution in [0.3, 0.4) is 0 Å². The topological polar surface area (TPSA) is 90.6 Å². The van der Waals surface area contributed by atoms with E-state index in [0.717, 1.165) is 42.2 Å². The molecule has 0 saturated carbocycles. The number of aryl methyl sites for hydroxylation is 1. The molecule has 3 aromatic rings. The zero-order valence-corrected chi connectivity index (χ0v) is 13.4. The lowest BCUT2D eigenvalue weighted by Crippen LogP contribution is -2.31. The molecule has 7 heteroatoms. The Hall–Kier alpha value is -2.96. The van der Waals surface area contributed by atoms with Crippen molar-refractivity contribution < 1.29 is 4.79 Å². The average molecular weight is 322 g/mol. The van der Waals surface area contributed by atoms with Gasteiger partial charge in [-0.05, 0) is 38.0 Å². The predicted octanol–water partition coefficient (Wildman–Crippen LogP) is 2.48. The van der Waals surface area contributed by atoms with Crippen molar-refractivity contribution in [3.63, 3.8) is 0 Å². The molecular weight excluding hydrogens is 304 g/mol. The first-order chi connectivity index (χ1) is 11.7. The molecule has 1 fully saturated rings. The lowest BCUT2D eigenvalue weighted by Gasteiger charge is -2.22. The standard InChI is InChI=1S/C17H18N6O/c1-11-9-19-16(20-11)15-5-3-7-23(15)17(24)14-8-13(21-22-14)12-4-2-6-18-10-12/h2,4,6,8-10,15H,3,5,7H2,1H3,(H,19,20)(H,21,22). The molecular formula is C17H18N6O. The number of pyridine rings is 1. The van der Waals surface area contributed by atoms with Gasteiger partial charge in [-0.2, -0.15) is 5.10 Å². The number of likely N-dealkylation sites (tertiary alicyclic amines) is 1. The molecule has 0 aromatic carbocycles. The molecule has 1 saturated heterocycles. The normalized spacial score (nSPS) is 17.4. The van der Waals surface area contributed by atoms with Gasteiger partial charge < -0.3 is 9.88 Å². The molecule has 1 amide bonds. The minimum absolute atomic E-state index is 0.00339. The summed E-state index contributed by atoms with van der Waals surface area (Å²) >= 11 is 0. The second-order valence-corrected chi connectivity index (χ2v) is 6.02. The molecule has 0 radical (unpaired) electrons. The fourth-order valence-electron chi connectivity index (χ4n) is 3.14. The highest BCUT2D eigenvalue weighted by atomic mass is 16.2. The van der Waals surface area contributed by atoms with Crippen LogP contribution in [0.25, 0.3) is 11.3 Å². The van der Waals surface area contributed by atoms with E-state index in [4.69, 9.17) is 0 Å². The van der Waals surface area contributed by atoms with Crippen molar-refractivity contribution >= 4 is 5.91 Å². The Balaban J connectivity index is 1.58. The molecule has 122 valence electrons. The number of carbonyl (C=O) groups excluding carboxylic acids is 1. The van der Waals surface area contributed by atoms with Gasteiger partial charge in [-0.15, -0.1) is 0 Å². The van der Waals surface area contributed by atoms with Gasteiger partial charge in [0, 0.05) is 36.4 Å². The molecule has 2 N–H and O–H groups in total. The molecule has 1 unspecified atom stereocenters. The average Bonchev–Trinajstić information content (AvgIpc) is 3.35. The highest BCUT2D eigenvalue weighted by Gasteiger charge is 2.33. The molecule has 1 atom stereocenters. The van der Waals surface area contributed by atoms with E-state index in [1.807, 2.05) is 24.0 Å². The van der Waals surface area contributed by atoms with Crippen LogP contribution in [0.1, 0.15) is 40.9 Å². The van der Waals surface area contributed by atoms with Crippen LogP contribution in [0.5, 0.6) is 0 Å². The number of aromatic nitrogens is 5. The fourth-order valence-corrected chi connectivity index (χ4v) is 3.14. The third-order valence-corrected chi connectivity index (χ3v) is 4.32. The fraction of sp³-hybridized carbons (Fsp3) is 0.294. The van der Waals surface area contributed by atoms with E-state index in [-0.39, 0.29) is 11.9 Å². The van der Waals surface area contributed by atoms with Crippen molar-refractivity contribution in [1.29, 1.82) is 0 Å². The summed E-state index contributed by atoms with van der Waals surface area (Å²) in [6.45, 7) is 2.69. The third kappa shape index (κ3) is 2.58. The molecule has 1 aliphatic heterocycles. The summed E-state index contributed by atoms with van der Waals surface area (Å²) in [6.07, 6.45) is 7.13. The van der Waals surface area contributed by atoms with Gasteiger partial charge >= 0.3 is 0 Å². The maximum absolute atomic E-state index is 12.9. The van der Waals surface area contributed by atoms with Crippen LogP contribution in [0, 0.1) is 6.92 Å². The molecule has 0 spiro atoms. The van der Waals surface area contributed by atoms with Gasteiger partial charge in [0.15, 0.2) is 0 Å². The molecule has 3 aromatic heterocycles. The lowest BCUT2D eigenvalue weighted by molar-refractivity contribution is 0.0724. The first-order valence-corrected chi connectivity index (χ1v) is 8.00. The van der Waals surface area contributed by atoms with E-state index < -0.39 is 0 Å². The van der Waals surface area contributed by atoms with Gasteiger partial charge in [0.2, 0.25) is 0 Å². The monoisotopic (exact) mass is 322 g/mol. The van der Waals surface area contributed by atoms with Crippen LogP contribution in [0.2, 0.25) is 0 Å². The highest BCUT2D eigenvalue weighted by molar-refractivity contribution is 5.93. The minimum atomic E-state index is -0.0470. The highest BCUT2D eigenvalue weighted by Crippen LogP contribution is 2.31. The predicted molar refractivity (Wildman–Crippen MR) is 88.2 cm³/mol. The van der Waals surface area contributed by atoms with Crippen molar-refractivity contribution in [1.82, 2.24) is 30.0 Å². The third-order valence-electron chi connectivity index (χ3n) is 4.32. The molecule has 0 aliphatic carbocycles. The lowest BCUT2D eigenvalue weighted by atomic mass is 10.2. The minimum Gasteiger partial charge on any atom is -0.344 e. The smallest absolute Gasteiger partial charge is 0.272 e. The largest absolute Gasteiger partial charge is 0.344 e. The Morgan fingerprint density at radius 1 is 1.38 bits per heavy atom. The SMILES string of the molecule is Cc1cnc(C2CCCN2C(=O)c2cc(-c3cccnc3)n[nH]2)[nH]1. The Bertz CT molecular complexity index is 853. The van der Waals surface area contributed by atoms with Gasteiger partial charge in [0.25, 0.3) is 5.91 Å². The maximum atomic E-state index is 12.9. The van der Waals surface area contributed by atoms with Crippen LogP contribution in [0.15, 0.2) is 36.8 Å². The Kier molecular flexibility index (Phi) is 3.60.